The molecular weight excluding hydrogens is 438 g/mol. The van der Waals surface area contributed by atoms with Gasteiger partial charge in [-0.3, -0.25) is 24.5 Å². The third kappa shape index (κ3) is 4.00. The molecule has 4 amide bonds. The maximum Gasteiger partial charge on any atom is 0.275 e. The number of aromatic nitrogens is 2. The van der Waals surface area contributed by atoms with Crippen molar-refractivity contribution in [2.75, 3.05) is 10.6 Å². The van der Waals surface area contributed by atoms with Crippen LogP contribution in [0.1, 0.15) is 64.2 Å². The molecule has 11 heteroatoms. The number of imide groups is 1. The second kappa shape index (κ2) is 8.65. The third-order valence-electron chi connectivity index (χ3n) is 6.40. The molecule has 1 unspecified atom stereocenters. The van der Waals surface area contributed by atoms with Crippen LogP contribution in [0.4, 0.5) is 11.5 Å². The topological polar surface area (TPSA) is 157 Å². The van der Waals surface area contributed by atoms with Crippen molar-refractivity contribution < 1.29 is 19.2 Å². The smallest absolute Gasteiger partial charge is 0.275 e. The minimum absolute atomic E-state index is 0.0689. The maximum atomic E-state index is 12.8. The maximum absolute atomic E-state index is 12.8. The Morgan fingerprint density at radius 1 is 1.21 bits per heavy atom. The van der Waals surface area contributed by atoms with Gasteiger partial charge in [-0.2, -0.15) is 0 Å². The lowest BCUT2D eigenvalue weighted by atomic mass is 9.93. The zero-order valence-corrected chi connectivity index (χ0v) is 18.3. The minimum Gasteiger partial charge on any atom is -0.366 e. The van der Waals surface area contributed by atoms with Crippen molar-refractivity contribution in [2.45, 2.75) is 50.7 Å². The van der Waals surface area contributed by atoms with E-state index in [0.29, 0.717) is 34.4 Å². The Balaban J connectivity index is 1.29. The van der Waals surface area contributed by atoms with Crippen LogP contribution < -0.4 is 16.0 Å². The van der Waals surface area contributed by atoms with Crippen LogP contribution in [0.2, 0.25) is 0 Å². The van der Waals surface area contributed by atoms with Crippen LogP contribution in [0.15, 0.2) is 24.4 Å². The molecule has 2 aliphatic heterocycles. The summed E-state index contributed by atoms with van der Waals surface area (Å²) in [6, 6.07) is 4.53. The van der Waals surface area contributed by atoms with Crippen LogP contribution in [0.3, 0.4) is 0 Å². The molecule has 3 aliphatic rings. The summed E-state index contributed by atoms with van der Waals surface area (Å²) in [6.45, 7) is 0.212. The standard InChI is InChI=1S/C23H23N7O4/c24-9-16-20(26-13-2-1-3-13)25-10-17(28-16)21(32)27-14-4-5-15-12(8-14)11-30(23(15)34)18-6-7-19(31)29-22(18)33/h4-5,8-10,13,18,24H,1-3,6-7,11H2,(H,25,26)(H,27,32)(H,29,31,33). The van der Waals surface area contributed by atoms with Gasteiger partial charge in [-0.05, 0) is 49.4 Å². The number of benzene rings is 1. The predicted molar refractivity (Wildman–Crippen MR) is 122 cm³/mol. The Hall–Kier alpha value is -4.15. The van der Waals surface area contributed by atoms with Gasteiger partial charge in [0.15, 0.2) is 5.82 Å². The zero-order valence-electron chi connectivity index (χ0n) is 18.3. The first-order valence-electron chi connectivity index (χ1n) is 11.2. The Bertz CT molecular complexity index is 1220. The highest BCUT2D eigenvalue weighted by Gasteiger charge is 2.39. The summed E-state index contributed by atoms with van der Waals surface area (Å²) in [4.78, 5) is 59.2. The van der Waals surface area contributed by atoms with Crippen LogP contribution in [0.25, 0.3) is 0 Å². The molecule has 174 valence electrons. The van der Waals surface area contributed by atoms with E-state index in [1.165, 1.54) is 11.1 Å². The number of nitrogens with zero attached hydrogens (tertiary/aromatic N) is 3. The van der Waals surface area contributed by atoms with Crippen molar-refractivity contribution in [1.82, 2.24) is 20.2 Å². The number of piperidine rings is 1. The lowest BCUT2D eigenvalue weighted by Gasteiger charge is -2.29. The van der Waals surface area contributed by atoms with Crippen molar-refractivity contribution in [3.05, 3.63) is 46.9 Å². The molecule has 1 saturated carbocycles. The van der Waals surface area contributed by atoms with Gasteiger partial charge >= 0.3 is 0 Å². The fourth-order valence-electron chi connectivity index (χ4n) is 4.32. The number of nitrogens with one attached hydrogen (secondary N) is 4. The summed E-state index contributed by atoms with van der Waals surface area (Å²) in [5.74, 6) is -1.09. The average Bonchev–Trinajstić information content (AvgIpc) is 3.11. The molecule has 0 bridgehead atoms. The molecule has 1 aliphatic carbocycles. The molecule has 5 rings (SSSR count). The number of anilines is 2. The Labute approximate surface area is 194 Å². The van der Waals surface area contributed by atoms with Crippen LogP contribution in [-0.4, -0.2) is 56.8 Å². The van der Waals surface area contributed by atoms with Gasteiger partial charge in [-0.25, -0.2) is 9.97 Å². The molecule has 4 N–H and O–H groups in total. The molecule has 1 aromatic carbocycles. The van der Waals surface area contributed by atoms with E-state index < -0.39 is 17.9 Å². The number of hydrogen-bond acceptors (Lipinski definition) is 8. The SMILES string of the molecule is N=Cc1nc(C(=O)Nc2ccc3c(c2)CN(C2CCC(=O)NC2=O)C3=O)cnc1NC1CCC1. The zero-order chi connectivity index (χ0) is 23.8. The molecule has 0 radical (unpaired) electrons. The first kappa shape index (κ1) is 21.7. The summed E-state index contributed by atoms with van der Waals surface area (Å²) in [6.07, 6.45) is 6.15. The summed E-state index contributed by atoms with van der Waals surface area (Å²) in [7, 11) is 0. The van der Waals surface area contributed by atoms with Gasteiger partial charge < -0.3 is 20.9 Å². The Morgan fingerprint density at radius 2 is 2.03 bits per heavy atom. The van der Waals surface area contributed by atoms with Crippen molar-refractivity contribution in [3.63, 3.8) is 0 Å². The van der Waals surface area contributed by atoms with Crippen molar-refractivity contribution >= 4 is 41.3 Å². The van der Waals surface area contributed by atoms with Gasteiger partial charge in [-0.1, -0.05) is 0 Å². The Morgan fingerprint density at radius 3 is 2.74 bits per heavy atom. The second-order valence-electron chi connectivity index (χ2n) is 8.63. The highest BCUT2D eigenvalue weighted by molar-refractivity contribution is 6.06. The normalized spacial score (nSPS) is 19.8. The van der Waals surface area contributed by atoms with E-state index in [-0.39, 0.29) is 36.9 Å². The lowest BCUT2D eigenvalue weighted by molar-refractivity contribution is -0.136. The minimum atomic E-state index is -0.697. The van der Waals surface area contributed by atoms with Gasteiger partial charge in [0.1, 0.15) is 17.4 Å². The van der Waals surface area contributed by atoms with E-state index in [1.54, 1.807) is 18.2 Å². The summed E-state index contributed by atoms with van der Waals surface area (Å²) in [5, 5.41) is 15.9. The van der Waals surface area contributed by atoms with E-state index in [0.717, 1.165) is 25.5 Å². The van der Waals surface area contributed by atoms with E-state index in [9.17, 15) is 19.2 Å². The average molecular weight is 461 g/mol. The number of carbonyl (C=O) groups is 4. The van der Waals surface area contributed by atoms with E-state index in [1.807, 2.05) is 0 Å². The molecule has 3 heterocycles. The number of carbonyl (C=O) groups excluding carboxylic acids is 4. The van der Waals surface area contributed by atoms with Crippen LogP contribution in [0, 0.1) is 5.41 Å². The van der Waals surface area contributed by atoms with E-state index >= 15 is 0 Å². The molecule has 1 atom stereocenters. The summed E-state index contributed by atoms with van der Waals surface area (Å²) < 4.78 is 0. The monoisotopic (exact) mass is 461 g/mol. The van der Waals surface area contributed by atoms with Gasteiger partial charge in [0.05, 0.1) is 6.20 Å². The first-order valence-corrected chi connectivity index (χ1v) is 11.2. The predicted octanol–water partition coefficient (Wildman–Crippen LogP) is 1.45. The number of hydrogen-bond donors (Lipinski definition) is 4. The number of rotatable bonds is 6. The molecule has 2 aromatic rings. The van der Waals surface area contributed by atoms with E-state index in [4.69, 9.17) is 5.41 Å². The fourth-order valence-corrected chi connectivity index (χ4v) is 4.32. The third-order valence-corrected chi connectivity index (χ3v) is 6.40. The van der Waals surface area contributed by atoms with Gasteiger partial charge in [0, 0.05) is 36.5 Å². The van der Waals surface area contributed by atoms with Gasteiger partial charge in [0.25, 0.3) is 11.8 Å². The lowest BCUT2D eigenvalue weighted by Crippen LogP contribution is -2.52. The molecule has 34 heavy (non-hydrogen) atoms. The molecule has 1 saturated heterocycles. The molecule has 0 spiro atoms. The van der Waals surface area contributed by atoms with Gasteiger partial charge in [-0.15, -0.1) is 0 Å². The second-order valence-corrected chi connectivity index (χ2v) is 8.63. The molecule has 11 nitrogen and oxygen atoms in total. The largest absolute Gasteiger partial charge is 0.366 e. The quantitative estimate of drug-likeness (QED) is 0.374. The van der Waals surface area contributed by atoms with Gasteiger partial charge in [0.2, 0.25) is 11.8 Å². The Kier molecular flexibility index (Phi) is 5.52. The summed E-state index contributed by atoms with van der Waals surface area (Å²) in [5.41, 5.74) is 1.97. The van der Waals surface area contributed by atoms with Crippen LogP contribution in [0.5, 0.6) is 0 Å². The number of amides is 4. The molecular formula is C23H23N7O4. The molecule has 1 aromatic heterocycles. The van der Waals surface area contributed by atoms with Crippen LogP contribution >= 0.6 is 0 Å². The molecule has 2 fully saturated rings. The van der Waals surface area contributed by atoms with Crippen LogP contribution in [-0.2, 0) is 16.1 Å². The summed E-state index contributed by atoms with van der Waals surface area (Å²) >= 11 is 0. The first-order chi connectivity index (χ1) is 16.4. The number of fused-ring (bicyclic) bond motifs is 1. The fraction of sp³-hybridized carbons (Fsp3) is 0.348. The van der Waals surface area contributed by atoms with Crippen molar-refractivity contribution in [1.29, 1.82) is 5.41 Å². The highest BCUT2D eigenvalue weighted by Crippen LogP contribution is 2.29. The van der Waals surface area contributed by atoms with Crippen molar-refractivity contribution in [2.24, 2.45) is 0 Å². The van der Waals surface area contributed by atoms with Crippen molar-refractivity contribution in [3.8, 4) is 0 Å². The van der Waals surface area contributed by atoms with E-state index in [2.05, 4.69) is 25.9 Å². The highest BCUT2D eigenvalue weighted by atomic mass is 16.2.